The van der Waals surface area contributed by atoms with Crippen LogP contribution < -0.4 is 10.1 Å². The number of carbonyl (C=O) groups excluding carboxylic acids is 1. The van der Waals surface area contributed by atoms with Crippen LogP contribution in [0.5, 0.6) is 5.75 Å². The molecule has 2 aromatic heterocycles. The van der Waals surface area contributed by atoms with Gasteiger partial charge in [0.05, 0.1) is 23.6 Å². The second-order valence-electron chi connectivity index (χ2n) is 6.58. The Morgan fingerprint density at radius 2 is 1.90 bits per heavy atom. The molecule has 0 spiro atoms. The van der Waals surface area contributed by atoms with Crippen molar-refractivity contribution in [1.82, 2.24) is 14.8 Å². The molecule has 0 aliphatic carbocycles. The molecule has 4 aromatic rings. The van der Waals surface area contributed by atoms with E-state index in [-0.39, 0.29) is 5.91 Å². The van der Waals surface area contributed by atoms with Gasteiger partial charge in [-0.05, 0) is 35.4 Å². The molecule has 0 atom stereocenters. The van der Waals surface area contributed by atoms with Gasteiger partial charge in [0, 0.05) is 25.0 Å². The van der Waals surface area contributed by atoms with Crippen LogP contribution in [-0.2, 0) is 13.7 Å². The molecule has 0 aliphatic rings. The molecule has 0 saturated heterocycles. The topological polar surface area (TPSA) is 69.0 Å². The number of carbonyl (C=O) groups is 1. The highest BCUT2D eigenvalue weighted by atomic mass is 16.5. The molecule has 6 heteroatoms. The number of aryl methyl sites for hydroxylation is 1. The summed E-state index contributed by atoms with van der Waals surface area (Å²) in [6, 6.07) is 19.0. The summed E-state index contributed by atoms with van der Waals surface area (Å²) in [5.74, 6) is 0.259. The van der Waals surface area contributed by atoms with Crippen molar-refractivity contribution >= 4 is 11.6 Å². The summed E-state index contributed by atoms with van der Waals surface area (Å²) < 4.78 is 7.71. The van der Waals surface area contributed by atoms with E-state index in [2.05, 4.69) is 15.4 Å². The number of benzene rings is 2. The van der Waals surface area contributed by atoms with Gasteiger partial charge in [-0.3, -0.25) is 14.5 Å². The first-order valence-electron chi connectivity index (χ1n) is 9.20. The van der Waals surface area contributed by atoms with Crippen molar-refractivity contribution < 1.29 is 9.53 Å². The fraction of sp³-hybridized carbons (Fsp3) is 0.0870. The third kappa shape index (κ3) is 4.50. The molecule has 29 heavy (non-hydrogen) atoms. The summed E-state index contributed by atoms with van der Waals surface area (Å²) in [6.45, 7) is 0.375. The Morgan fingerprint density at radius 1 is 1.03 bits per heavy atom. The van der Waals surface area contributed by atoms with Gasteiger partial charge in [0.15, 0.2) is 0 Å². The largest absolute Gasteiger partial charge is 0.488 e. The van der Waals surface area contributed by atoms with Crippen LogP contribution in [0.3, 0.4) is 0 Å². The molecule has 1 N–H and O–H groups in total. The van der Waals surface area contributed by atoms with E-state index in [1.54, 1.807) is 35.4 Å². The second-order valence-corrected chi connectivity index (χ2v) is 6.58. The molecule has 0 saturated carbocycles. The predicted octanol–water partition coefficient (Wildman–Crippen LogP) is 4.31. The Morgan fingerprint density at radius 3 is 2.62 bits per heavy atom. The summed E-state index contributed by atoms with van der Waals surface area (Å²) in [7, 11) is 1.86. The molecule has 0 radical (unpaired) electrons. The zero-order chi connectivity index (χ0) is 20.1. The van der Waals surface area contributed by atoms with Crippen molar-refractivity contribution in [3.63, 3.8) is 0 Å². The van der Waals surface area contributed by atoms with E-state index in [0.717, 1.165) is 16.7 Å². The average Bonchev–Trinajstić information content (AvgIpc) is 3.20. The standard InChI is InChI=1S/C23H20N4O2/c1-27-15-19(13-25-27)18-9-10-22(29-16-17-6-3-2-4-7-17)21(12-18)23(28)26-20-8-5-11-24-14-20/h2-15H,16H2,1H3,(H,26,28). The lowest BCUT2D eigenvalue weighted by molar-refractivity contribution is 0.102. The number of ether oxygens (including phenoxy) is 1. The first kappa shape index (κ1) is 18.4. The lowest BCUT2D eigenvalue weighted by Gasteiger charge is -2.13. The number of rotatable bonds is 6. The number of hydrogen-bond donors (Lipinski definition) is 1. The molecule has 0 unspecified atom stereocenters. The van der Waals surface area contributed by atoms with Crippen molar-refractivity contribution in [2.24, 2.45) is 7.05 Å². The van der Waals surface area contributed by atoms with E-state index >= 15 is 0 Å². The number of hydrogen-bond acceptors (Lipinski definition) is 4. The summed E-state index contributed by atoms with van der Waals surface area (Å²) in [5, 5.41) is 7.09. The maximum Gasteiger partial charge on any atom is 0.259 e. The molecular weight excluding hydrogens is 364 g/mol. The maximum absolute atomic E-state index is 13.0. The minimum absolute atomic E-state index is 0.258. The molecule has 4 rings (SSSR count). The summed E-state index contributed by atoms with van der Waals surface area (Å²) in [5.41, 5.74) is 3.92. The highest BCUT2D eigenvalue weighted by Gasteiger charge is 2.16. The molecule has 2 heterocycles. The Balaban J connectivity index is 1.64. The maximum atomic E-state index is 13.0. The number of aromatic nitrogens is 3. The van der Waals surface area contributed by atoms with Crippen LogP contribution in [0.1, 0.15) is 15.9 Å². The van der Waals surface area contributed by atoms with E-state index < -0.39 is 0 Å². The normalized spacial score (nSPS) is 10.5. The van der Waals surface area contributed by atoms with E-state index in [0.29, 0.717) is 23.6 Å². The van der Waals surface area contributed by atoms with E-state index in [1.165, 1.54) is 0 Å². The summed E-state index contributed by atoms with van der Waals surface area (Å²) in [6.07, 6.45) is 6.94. The van der Waals surface area contributed by atoms with Gasteiger partial charge in [-0.1, -0.05) is 36.4 Å². The van der Waals surface area contributed by atoms with Crippen LogP contribution >= 0.6 is 0 Å². The molecule has 0 aliphatic heterocycles. The van der Waals surface area contributed by atoms with Crippen molar-refractivity contribution in [2.75, 3.05) is 5.32 Å². The third-order valence-corrected chi connectivity index (χ3v) is 4.42. The van der Waals surface area contributed by atoms with E-state index in [4.69, 9.17) is 4.74 Å². The molecule has 144 valence electrons. The molecular formula is C23H20N4O2. The summed E-state index contributed by atoms with van der Waals surface area (Å²) in [4.78, 5) is 17.0. The van der Waals surface area contributed by atoms with Gasteiger partial charge < -0.3 is 10.1 Å². The van der Waals surface area contributed by atoms with Gasteiger partial charge in [0.2, 0.25) is 0 Å². The smallest absolute Gasteiger partial charge is 0.259 e. The van der Waals surface area contributed by atoms with Crippen molar-refractivity contribution in [2.45, 2.75) is 6.61 Å². The quantitative estimate of drug-likeness (QED) is 0.538. The molecule has 0 fully saturated rings. The minimum atomic E-state index is -0.258. The van der Waals surface area contributed by atoms with Crippen LogP contribution in [-0.4, -0.2) is 20.7 Å². The van der Waals surface area contributed by atoms with Crippen LogP contribution in [0.15, 0.2) is 85.5 Å². The SMILES string of the molecule is Cn1cc(-c2ccc(OCc3ccccc3)c(C(=O)Nc3cccnc3)c2)cn1. The van der Waals surface area contributed by atoms with Crippen molar-refractivity contribution in [3.8, 4) is 16.9 Å². The van der Waals surface area contributed by atoms with Crippen molar-refractivity contribution in [1.29, 1.82) is 0 Å². The lowest BCUT2D eigenvalue weighted by atomic mass is 10.0. The van der Waals surface area contributed by atoms with E-state index in [1.807, 2.05) is 61.8 Å². The molecule has 0 bridgehead atoms. The van der Waals surface area contributed by atoms with Gasteiger partial charge in [0.25, 0.3) is 5.91 Å². The Bertz CT molecular complexity index is 1110. The Labute approximate surface area is 168 Å². The van der Waals surface area contributed by atoms with Gasteiger partial charge in [-0.2, -0.15) is 5.10 Å². The first-order valence-corrected chi connectivity index (χ1v) is 9.20. The van der Waals surface area contributed by atoms with Crippen LogP contribution in [0.2, 0.25) is 0 Å². The van der Waals surface area contributed by atoms with Gasteiger partial charge in [-0.15, -0.1) is 0 Å². The third-order valence-electron chi connectivity index (χ3n) is 4.42. The average molecular weight is 384 g/mol. The highest BCUT2D eigenvalue weighted by molar-refractivity contribution is 6.06. The number of amides is 1. The monoisotopic (exact) mass is 384 g/mol. The van der Waals surface area contributed by atoms with E-state index in [9.17, 15) is 4.79 Å². The number of anilines is 1. The van der Waals surface area contributed by atoms with Crippen molar-refractivity contribution in [3.05, 3.63) is 96.6 Å². The fourth-order valence-corrected chi connectivity index (χ4v) is 2.95. The highest BCUT2D eigenvalue weighted by Crippen LogP contribution is 2.28. The lowest BCUT2D eigenvalue weighted by Crippen LogP contribution is -2.14. The number of nitrogens with one attached hydrogen (secondary N) is 1. The van der Waals surface area contributed by atoms with Crippen LogP contribution in [0.4, 0.5) is 5.69 Å². The van der Waals surface area contributed by atoms with Crippen LogP contribution in [0, 0.1) is 0 Å². The zero-order valence-corrected chi connectivity index (χ0v) is 15.9. The van der Waals surface area contributed by atoms with Gasteiger partial charge in [0.1, 0.15) is 12.4 Å². The van der Waals surface area contributed by atoms with Crippen LogP contribution in [0.25, 0.3) is 11.1 Å². The Hall–Kier alpha value is -3.93. The second kappa shape index (κ2) is 8.39. The molecule has 2 aromatic carbocycles. The minimum Gasteiger partial charge on any atom is -0.488 e. The van der Waals surface area contributed by atoms with Gasteiger partial charge in [-0.25, -0.2) is 0 Å². The molecule has 1 amide bonds. The summed E-state index contributed by atoms with van der Waals surface area (Å²) >= 11 is 0. The Kier molecular flexibility index (Phi) is 5.33. The zero-order valence-electron chi connectivity index (χ0n) is 15.9. The molecule has 6 nitrogen and oxygen atoms in total. The first-order chi connectivity index (χ1) is 14.2. The predicted molar refractivity (Wildman–Crippen MR) is 112 cm³/mol. The number of pyridine rings is 1. The number of nitrogens with zero attached hydrogens (tertiary/aromatic N) is 3. The van der Waals surface area contributed by atoms with Gasteiger partial charge >= 0.3 is 0 Å². The fourth-order valence-electron chi connectivity index (χ4n) is 2.95.